The minimum Gasteiger partial charge on any atom is -0.489 e. The van der Waals surface area contributed by atoms with Crippen LogP contribution < -0.4 is 4.74 Å². The zero-order valence-electron chi connectivity index (χ0n) is 10.1. The molecule has 3 nitrogen and oxygen atoms in total. The van der Waals surface area contributed by atoms with Crippen LogP contribution >= 0.6 is 22.5 Å². The van der Waals surface area contributed by atoms with Gasteiger partial charge in [-0.15, -0.1) is 11.7 Å². The van der Waals surface area contributed by atoms with Crippen molar-refractivity contribution in [1.29, 1.82) is 5.26 Å². The maximum absolute atomic E-state index is 13.4. The topological polar surface area (TPSA) is 42.2 Å². The number of halogens is 1. The van der Waals surface area contributed by atoms with Crippen LogP contribution in [0, 0.1) is 17.1 Å². The van der Waals surface area contributed by atoms with E-state index in [2.05, 4.69) is 11.7 Å². The Kier molecular flexibility index (Phi) is 6.33. The smallest absolute Gasteiger partial charge is 0.141 e. The third kappa shape index (κ3) is 3.80. The summed E-state index contributed by atoms with van der Waals surface area (Å²) in [5.41, 5.74) is 0.818. The van der Waals surface area contributed by atoms with Gasteiger partial charge in [0.2, 0.25) is 0 Å². The first-order valence-electron chi connectivity index (χ1n) is 5.29. The van der Waals surface area contributed by atoms with E-state index in [1.54, 1.807) is 7.11 Å². The van der Waals surface area contributed by atoms with Crippen LogP contribution in [0.3, 0.4) is 0 Å². The normalized spacial score (nSPS) is 11.9. The van der Waals surface area contributed by atoms with E-state index in [1.165, 1.54) is 22.9 Å². The zero-order chi connectivity index (χ0) is 13.5. The number of ether oxygens (including phenoxy) is 2. The Morgan fingerprint density at radius 2 is 2.22 bits per heavy atom. The fourth-order valence-corrected chi connectivity index (χ4v) is 2.07. The Balaban J connectivity index is 3.12. The van der Waals surface area contributed by atoms with Gasteiger partial charge in [-0.3, -0.25) is 0 Å². The fraction of sp³-hybridized carbons (Fsp3) is 0.417. The molecule has 0 bridgehead atoms. The van der Waals surface area contributed by atoms with Gasteiger partial charge in [0.25, 0.3) is 0 Å². The lowest BCUT2D eigenvalue weighted by molar-refractivity contribution is 0.145. The van der Waals surface area contributed by atoms with Crippen molar-refractivity contribution in [3.8, 4) is 11.8 Å². The summed E-state index contributed by atoms with van der Waals surface area (Å²) >= 11 is 4.11. The van der Waals surface area contributed by atoms with Crippen molar-refractivity contribution in [2.24, 2.45) is 0 Å². The lowest BCUT2D eigenvalue weighted by Crippen LogP contribution is -2.08. The van der Waals surface area contributed by atoms with Crippen LogP contribution in [0.15, 0.2) is 12.1 Å². The molecule has 0 saturated carbocycles. The van der Waals surface area contributed by atoms with Gasteiger partial charge in [-0.1, -0.05) is 10.8 Å². The maximum Gasteiger partial charge on any atom is 0.141 e. The third-order valence-corrected chi connectivity index (χ3v) is 3.85. The monoisotopic (exact) mass is 287 g/mol. The average Bonchev–Trinajstić information content (AvgIpc) is 2.38. The standard InChI is InChI=1S/C12H14FNO2S2/c1-8(18-17)11-6-10(13)5-9(7-14)12(11)16-4-3-15-2/h5-6,8,17H,3-4H2,1-2H3. The van der Waals surface area contributed by atoms with E-state index in [1.807, 2.05) is 13.0 Å². The largest absolute Gasteiger partial charge is 0.489 e. The van der Waals surface area contributed by atoms with Gasteiger partial charge in [0.1, 0.15) is 24.2 Å². The molecule has 1 unspecified atom stereocenters. The maximum atomic E-state index is 13.4. The Morgan fingerprint density at radius 1 is 1.50 bits per heavy atom. The Labute approximate surface area is 115 Å². The molecule has 6 heteroatoms. The van der Waals surface area contributed by atoms with Crippen LogP contribution in [0.2, 0.25) is 0 Å². The summed E-state index contributed by atoms with van der Waals surface area (Å²) < 4.78 is 23.8. The average molecular weight is 287 g/mol. The van der Waals surface area contributed by atoms with Crippen LogP contribution in [0.25, 0.3) is 0 Å². The highest BCUT2D eigenvalue weighted by Crippen LogP contribution is 2.38. The molecule has 0 aromatic heterocycles. The van der Waals surface area contributed by atoms with Gasteiger partial charge in [0.05, 0.1) is 12.2 Å². The molecule has 0 saturated heterocycles. The summed E-state index contributed by atoms with van der Waals surface area (Å²) in [4.78, 5) is 0. The zero-order valence-corrected chi connectivity index (χ0v) is 11.9. The molecular formula is C12H14FNO2S2. The first kappa shape index (κ1) is 15.2. The molecule has 98 valence electrons. The Bertz CT molecular complexity index is 448. The van der Waals surface area contributed by atoms with E-state index in [9.17, 15) is 4.39 Å². The molecule has 18 heavy (non-hydrogen) atoms. The molecule has 0 fully saturated rings. The van der Waals surface area contributed by atoms with Crippen molar-refractivity contribution >= 4 is 22.5 Å². The summed E-state index contributed by atoms with van der Waals surface area (Å²) in [6.07, 6.45) is 0. The van der Waals surface area contributed by atoms with Gasteiger partial charge >= 0.3 is 0 Å². The van der Waals surface area contributed by atoms with Gasteiger partial charge < -0.3 is 9.47 Å². The summed E-state index contributed by atoms with van der Waals surface area (Å²) in [6.45, 7) is 2.59. The molecule has 1 aromatic rings. The van der Waals surface area contributed by atoms with Crippen LogP contribution in [0.1, 0.15) is 23.3 Å². The number of benzene rings is 1. The number of methoxy groups -OCH3 is 1. The number of rotatable bonds is 6. The molecule has 0 spiro atoms. The highest BCUT2D eigenvalue weighted by atomic mass is 33.1. The molecule has 0 amide bonds. The lowest BCUT2D eigenvalue weighted by Gasteiger charge is -2.16. The van der Waals surface area contributed by atoms with Crippen LogP contribution in [-0.4, -0.2) is 20.3 Å². The Morgan fingerprint density at radius 3 is 2.78 bits per heavy atom. The predicted octanol–water partition coefficient (Wildman–Crippen LogP) is 3.36. The minimum absolute atomic E-state index is 0.0753. The molecule has 0 aliphatic rings. The number of thiol groups is 1. The first-order chi connectivity index (χ1) is 8.63. The van der Waals surface area contributed by atoms with E-state index in [4.69, 9.17) is 14.7 Å². The first-order valence-corrected chi connectivity index (χ1v) is 7.22. The number of nitriles is 1. The van der Waals surface area contributed by atoms with Crippen molar-refractivity contribution < 1.29 is 13.9 Å². The number of hydrogen-bond acceptors (Lipinski definition) is 5. The van der Waals surface area contributed by atoms with E-state index in [0.717, 1.165) is 0 Å². The van der Waals surface area contributed by atoms with Gasteiger partial charge in [-0.05, 0) is 19.1 Å². The second kappa shape index (κ2) is 7.52. The lowest BCUT2D eigenvalue weighted by atomic mass is 10.1. The van der Waals surface area contributed by atoms with E-state index < -0.39 is 5.82 Å². The van der Waals surface area contributed by atoms with Crippen molar-refractivity contribution in [2.75, 3.05) is 20.3 Å². The van der Waals surface area contributed by atoms with Crippen molar-refractivity contribution in [1.82, 2.24) is 0 Å². The van der Waals surface area contributed by atoms with Gasteiger partial charge in [0.15, 0.2) is 0 Å². The fourth-order valence-electron chi connectivity index (χ4n) is 1.44. The second-order valence-electron chi connectivity index (χ2n) is 3.57. The van der Waals surface area contributed by atoms with Gasteiger partial charge in [0, 0.05) is 17.9 Å². The SMILES string of the molecule is COCCOc1c(C#N)cc(F)cc1C(C)SS. The van der Waals surface area contributed by atoms with Gasteiger partial charge in [-0.25, -0.2) is 4.39 Å². The molecule has 0 heterocycles. The summed E-state index contributed by atoms with van der Waals surface area (Å²) in [5.74, 6) is -0.0418. The highest BCUT2D eigenvalue weighted by molar-refractivity contribution is 8.68. The van der Waals surface area contributed by atoms with Crippen molar-refractivity contribution in [2.45, 2.75) is 12.2 Å². The third-order valence-electron chi connectivity index (χ3n) is 2.33. The van der Waals surface area contributed by atoms with E-state index in [0.29, 0.717) is 24.5 Å². The second-order valence-corrected chi connectivity index (χ2v) is 5.12. The van der Waals surface area contributed by atoms with E-state index >= 15 is 0 Å². The molecular weight excluding hydrogens is 273 g/mol. The van der Waals surface area contributed by atoms with Crippen molar-refractivity contribution in [3.63, 3.8) is 0 Å². The van der Waals surface area contributed by atoms with E-state index in [-0.39, 0.29) is 10.8 Å². The quantitative estimate of drug-likeness (QED) is 0.495. The summed E-state index contributed by atoms with van der Waals surface area (Å²) in [6, 6.07) is 4.48. The molecule has 0 aliphatic carbocycles. The van der Waals surface area contributed by atoms with Gasteiger partial charge in [-0.2, -0.15) is 5.26 Å². The highest BCUT2D eigenvalue weighted by Gasteiger charge is 2.17. The summed E-state index contributed by atoms with van der Waals surface area (Å²) in [7, 11) is 2.83. The number of hydrogen-bond donors (Lipinski definition) is 1. The molecule has 0 radical (unpaired) electrons. The van der Waals surface area contributed by atoms with Crippen molar-refractivity contribution in [3.05, 3.63) is 29.1 Å². The molecule has 1 rings (SSSR count). The summed E-state index contributed by atoms with van der Waals surface area (Å²) in [5, 5.41) is 8.95. The van der Waals surface area contributed by atoms with Crippen LogP contribution in [-0.2, 0) is 4.74 Å². The molecule has 0 N–H and O–H groups in total. The minimum atomic E-state index is -0.449. The number of nitrogens with zero attached hydrogens (tertiary/aromatic N) is 1. The predicted molar refractivity (Wildman–Crippen MR) is 73.5 cm³/mol. The molecule has 1 atom stereocenters. The van der Waals surface area contributed by atoms with Crippen LogP contribution in [0.5, 0.6) is 5.75 Å². The Hall–Kier alpha value is -0.900. The molecule has 0 aliphatic heterocycles. The molecule has 1 aromatic carbocycles. The van der Waals surface area contributed by atoms with Crippen LogP contribution in [0.4, 0.5) is 4.39 Å².